The maximum absolute atomic E-state index is 5.65. The van der Waals surface area contributed by atoms with E-state index >= 15 is 0 Å². The van der Waals surface area contributed by atoms with Crippen LogP contribution in [-0.4, -0.2) is 75.3 Å². The van der Waals surface area contributed by atoms with Crippen molar-refractivity contribution < 1.29 is 4.74 Å². The molecule has 1 N–H and O–H groups in total. The summed E-state index contributed by atoms with van der Waals surface area (Å²) in [4.78, 5) is 9.79. The zero-order valence-electron chi connectivity index (χ0n) is 14.9. The SMILES string of the molecule is CCNC(=NCC(C1CC1)N(C)C)N1CCC2(CCOC2)C1.I. The van der Waals surface area contributed by atoms with Crippen LogP contribution in [0.5, 0.6) is 0 Å². The van der Waals surface area contributed by atoms with Crippen LogP contribution in [0.2, 0.25) is 0 Å². The van der Waals surface area contributed by atoms with Crippen LogP contribution >= 0.6 is 24.0 Å². The largest absolute Gasteiger partial charge is 0.381 e. The molecule has 2 saturated heterocycles. The second-order valence-electron chi connectivity index (χ2n) is 7.54. The fraction of sp³-hybridized carbons (Fsp3) is 0.941. The number of halogens is 1. The number of hydrogen-bond donors (Lipinski definition) is 1. The predicted molar refractivity (Wildman–Crippen MR) is 106 cm³/mol. The average Bonchev–Trinajstić information content (AvgIpc) is 3.08. The summed E-state index contributed by atoms with van der Waals surface area (Å²) in [6, 6.07) is 0.597. The van der Waals surface area contributed by atoms with Crippen molar-refractivity contribution in [2.45, 2.75) is 38.6 Å². The second kappa shape index (κ2) is 8.34. The summed E-state index contributed by atoms with van der Waals surface area (Å²) in [7, 11) is 4.37. The highest BCUT2D eigenvalue weighted by molar-refractivity contribution is 14.0. The molecular weight excluding hydrogens is 403 g/mol. The zero-order chi connectivity index (χ0) is 15.6. The van der Waals surface area contributed by atoms with Gasteiger partial charge >= 0.3 is 0 Å². The molecule has 2 heterocycles. The van der Waals surface area contributed by atoms with E-state index in [1.807, 2.05) is 0 Å². The molecule has 0 amide bonds. The maximum atomic E-state index is 5.65. The average molecular weight is 436 g/mol. The van der Waals surface area contributed by atoms with E-state index in [9.17, 15) is 0 Å². The third-order valence-electron chi connectivity index (χ3n) is 5.52. The molecule has 2 unspecified atom stereocenters. The number of ether oxygens (including phenoxy) is 1. The lowest BCUT2D eigenvalue weighted by atomic mass is 9.87. The Morgan fingerprint density at radius 1 is 1.39 bits per heavy atom. The van der Waals surface area contributed by atoms with Gasteiger partial charge in [0, 0.05) is 37.7 Å². The highest BCUT2D eigenvalue weighted by Gasteiger charge is 2.42. The summed E-state index contributed by atoms with van der Waals surface area (Å²) < 4.78 is 5.65. The van der Waals surface area contributed by atoms with Gasteiger partial charge in [-0.2, -0.15) is 0 Å². The normalized spacial score (nSPS) is 29.2. The Bertz CT molecular complexity index is 403. The van der Waals surface area contributed by atoms with Crippen molar-refractivity contribution >= 4 is 29.9 Å². The molecule has 3 fully saturated rings. The van der Waals surface area contributed by atoms with E-state index in [1.165, 1.54) is 25.7 Å². The minimum Gasteiger partial charge on any atom is -0.381 e. The molecule has 3 aliphatic rings. The summed E-state index contributed by atoms with van der Waals surface area (Å²) in [5.41, 5.74) is 0.396. The van der Waals surface area contributed by atoms with E-state index in [4.69, 9.17) is 9.73 Å². The molecule has 6 heteroatoms. The standard InChI is InChI=1S/C17H32N4O.HI/c1-4-18-16(19-11-15(20(2)3)14-5-6-14)21-9-7-17(12-21)8-10-22-13-17;/h14-15H,4-13H2,1-3H3,(H,18,19);1H. The summed E-state index contributed by atoms with van der Waals surface area (Å²) in [6.45, 7) is 8.11. The van der Waals surface area contributed by atoms with Gasteiger partial charge in [-0.1, -0.05) is 0 Å². The molecule has 5 nitrogen and oxygen atoms in total. The molecule has 0 aromatic carbocycles. The first kappa shape index (κ1) is 19.2. The zero-order valence-corrected chi connectivity index (χ0v) is 17.2. The maximum Gasteiger partial charge on any atom is 0.193 e. The van der Waals surface area contributed by atoms with Crippen molar-refractivity contribution in [3.8, 4) is 0 Å². The number of guanidine groups is 1. The molecule has 23 heavy (non-hydrogen) atoms. The fourth-order valence-corrected chi connectivity index (χ4v) is 3.91. The Kier molecular flexibility index (Phi) is 6.98. The van der Waals surface area contributed by atoms with Gasteiger partial charge in [-0.05, 0) is 52.6 Å². The van der Waals surface area contributed by atoms with Crippen LogP contribution in [0, 0.1) is 11.3 Å². The van der Waals surface area contributed by atoms with Crippen molar-refractivity contribution in [1.82, 2.24) is 15.1 Å². The Morgan fingerprint density at radius 3 is 2.74 bits per heavy atom. The van der Waals surface area contributed by atoms with Crippen molar-refractivity contribution in [2.24, 2.45) is 16.3 Å². The van der Waals surface area contributed by atoms with E-state index in [0.717, 1.165) is 51.3 Å². The van der Waals surface area contributed by atoms with Gasteiger partial charge in [0.25, 0.3) is 0 Å². The van der Waals surface area contributed by atoms with E-state index in [1.54, 1.807) is 0 Å². The lowest BCUT2D eigenvalue weighted by molar-refractivity contribution is 0.156. The number of rotatable bonds is 5. The third-order valence-corrected chi connectivity index (χ3v) is 5.52. The molecular formula is C17H33IN4O. The molecule has 1 saturated carbocycles. The molecule has 2 atom stereocenters. The van der Waals surface area contributed by atoms with Gasteiger partial charge < -0.3 is 19.9 Å². The molecule has 0 bridgehead atoms. The van der Waals surface area contributed by atoms with Crippen molar-refractivity contribution in [3.63, 3.8) is 0 Å². The number of hydrogen-bond acceptors (Lipinski definition) is 3. The van der Waals surface area contributed by atoms with E-state index in [0.29, 0.717) is 11.5 Å². The van der Waals surface area contributed by atoms with Gasteiger partial charge in [-0.3, -0.25) is 4.99 Å². The number of likely N-dealkylation sites (N-methyl/N-ethyl adjacent to an activating group) is 1. The number of nitrogens with one attached hydrogen (secondary N) is 1. The Labute approximate surface area is 158 Å². The van der Waals surface area contributed by atoms with Crippen LogP contribution in [0.3, 0.4) is 0 Å². The van der Waals surface area contributed by atoms with Gasteiger partial charge in [0.05, 0.1) is 13.2 Å². The van der Waals surface area contributed by atoms with Crippen molar-refractivity contribution in [2.75, 3.05) is 53.5 Å². The quantitative estimate of drug-likeness (QED) is 0.407. The van der Waals surface area contributed by atoms with Crippen LogP contribution in [-0.2, 0) is 4.74 Å². The minimum atomic E-state index is 0. The summed E-state index contributed by atoms with van der Waals surface area (Å²) >= 11 is 0. The summed E-state index contributed by atoms with van der Waals surface area (Å²) in [6.07, 6.45) is 5.21. The third kappa shape index (κ3) is 4.72. The topological polar surface area (TPSA) is 40.1 Å². The van der Waals surface area contributed by atoms with E-state index in [-0.39, 0.29) is 24.0 Å². The fourth-order valence-electron chi connectivity index (χ4n) is 3.91. The first-order chi connectivity index (χ1) is 10.6. The van der Waals surface area contributed by atoms with Crippen LogP contribution in [0.4, 0.5) is 0 Å². The monoisotopic (exact) mass is 436 g/mol. The van der Waals surface area contributed by atoms with Crippen LogP contribution < -0.4 is 5.32 Å². The molecule has 134 valence electrons. The molecule has 1 aliphatic carbocycles. The molecule has 0 aromatic rings. The predicted octanol–water partition coefficient (Wildman–Crippen LogP) is 2.02. The van der Waals surface area contributed by atoms with Crippen molar-refractivity contribution in [1.29, 1.82) is 0 Å². The van der Waals surface area contributed by atoms with Gasteiger partial charge in [0.2, 0.25) is 0 Å². The van der Waals surface area contributed by atoms with Gasteiger partial charge in [-0.15, -0.1) is 24.0 Å². The van der Waals surface area contributed by atoms with Crippen LogP contribution in [0.15, 0.2) is 4.99 Å². The first-order valence-corrected chi connectivity index (χ1v) is 8.91. The Balaban J connectivity index is 0.00000192. The first-order valence-electron chi connectivity index (χ1n) is 8.91. The minimum absolute atomic E-state index is 0. The molecule has 0 radical (unpaired) electrons. The lowest BCUT2D eigenvalue weighted by Gasteiger charge is -2.27. The Morgan fingerprint density at radius 2 is 2.17 bits per heavy atom. The summed E-state index contributed by atoms with van der Waals surface area (Å²) in [5, 5.41) is 3.50. The van der Waals surface area contributed by atoms with Gasteiger partial charge in [0.1, 0.15) is 0 Å². The van der Waals surface area contributed by atoms with Gasteiger partial charge in [0.15, 0.2) is 5.96 Å². The highest BCUT2D eigenvalue weighted by atomic mass is 127. The smallest absolute Gasteiger partial charge is 0.193 e. The number of nitrogens with zero attached hydrogens (tertiary/aromatic N) is 3. The highest BCUT2D eigenvalue weighted by Crippen LogP contribution is 2.38. The number of likely N-dealkylation sites (tertiary alicyclic amines) is 1. The molecule has 3 rings (SSSR count). The van der Waals surface area contributed by atoms with Crippen LogP contribution in [0.1, 0.15) is 32.6 Å². The van der Waals surface area contributed by atoms with E-state index < -0.39 is 0 Å². The molecule has 2 aliphatic heterocycles. The van der Waals surface area contributed by atoms with Crippen molar-refractivity contribution in [3.05, 3.63) is 0 Å². The summed E-state index contributed by atoms with van der Waals surface area (Å²) in [5.74, 6) is 1.97. The number of aliphatic imine (C=N–C) groups is 1. The molecule has 1 spiro atoms. The van der Waals surface area contributed by atoms with Crippen LogP contribution in [0.25, 0.3) is 0 Å². The lowest BCUT2D eigenvalue weighted by Crippen LogP contribution is -2.42. The second-order valence-corrected chi connectivity index (χ2v) is 7.54. The molecule has 0 aromatic heterocycles. The van der Waals surface area contributed by atoms with Gasteiger partial charge in [-0.25, -0.2) is 0 Å². The van der Waals surface area contributed by atoms with E-state index in [2.05, 4.69) is 36.1 Å². The Hall–Kier alpha value is -0.0800.